The van der Waals surface area contributed by atoms with Crippen molar-refractivity contribution < 1.29 is 24.6 Å². The van der Waals surface area contributed by atoms with Crippen molar-refractivity contribution in [3.05, 3.63) is 95.1 Å². The number of carbonyl (C=O) groups is 3. The summed E-state index contributed by atoms with van der Waals surface area (Å²) in [6.45, 7) is 0. The lowest BCUT2D eigenvalue weighted by Gasteiger charge is -2.10. The zero-order chi connectivity index (χ0) is 19.4. The molecule has 0 saturated carbocycles. The fraction of sp³-hybridized carbons (Fsp3) is 0. The second-order valence-corrected chi connectivity index (χ2v) is 5.73. The third kappa shape index (κ3) is 3.85. The van der Waals surface area contributed by atoms with Gasteiger partial charge in [0.05, 0.1) is 5.69 Å². The molecule has 27 heavy (non-hydrogen) atoms. The number of amides is 1. The van der Waals surface area contributed by atoms with E-state index in [0.29, 0.717) is 11.1 Å². The quantitative estimate of drug-likeness (QED) is 0.603. The molecular formula is C21H15NO5. The molecule has 1 amide bonds. The van der Waals surface area contributed by atoms with E-state index in [0.717, 1.165) is 0 Å². The third-order valence-electron chi connectivity index (χ3n) is 3.95. The number of aromatic hydroxyl groups is 1. The van der Waals surface area contributed by atoms with Crippen LogP contribution in [0.1, 0.15) is 36.6 Å². The predicted molar refractivity (Wildman–Crippen MR) is 99.3 cm³/mol. The summed E-state index contributed by atoms with van der Waals surface area (Å²) in [5.41, 5.74) is 0.819. The van der Waals surface area contributed by atoms with Gasteiger partial charge in [0.2, 0.25) is 0 Å². The van der Waals surface area contributed by atoms with Crippen LogP contribution < -0.4 is 5.32 Å². The van der Waals surface area contributed by atoms with Gasteiger partial charge in [0.15, 0.2) is 5.78 Å². The number of benzene rings is 3. The maximum absolute atomic E-state index is 12.4. The smallest absolute Gasteiger partial charge is 0.341 e. The molecule has 3 aromatic carbocycles. The van der Waals surface area contributed by atoms with E-state index < -0.39 is 17.6 Å². The molecule has 0 saturated heterocycles. The normalized spacial score (nSPS) is 10.2. The summed E-state index contributed by atoms with van der Waals surface area (Å²) in [5, 5.41) is 21.3. The van der Waals surface area contributed by atoms with Crippen molar-refractivity contribution in [1.29, 1.82) is 0 Å². The minimum atomic E-state index is -1.35. The van der Waals surface area contributed by atoms with Gasteiger partial charge in [-0.25, -0.2) is 4.79 Å². The molecule has 0 spiro atoms. The average Bonchev–Trinajstić information content (AvgIpc) is 2.68. The fourth-order valence-electron chi connectivity index (χ4n) is 2.59. The predicted octanol–water partition coefficient (Wildman–Crippen LogP) is 3.57. The minimum Gasteiger partial charge on any atom is -0.507 e. The highest BCUT2D eigenvalue weighted by molar-refractivity contribution is 6.11. The summed E-state index contributed by atoms with van der Waals surface area (Å²) in [6.07, 6.45) is 0. The molecule has 0 aromatic heterocycles. The van der Waals surface area contributed by atoms with E-state index >= 15 is 0 Å². The van der Waals surface area contributed by atoms with Crippen LogP contribution in [-0.2, 0) is 0 Å². The van der Waals surface area contributed by atoms with Gasteiger partial charge in [0, 0.05) is 16.7 Å². The van der Waals surface area contributed by atoms with E-state index in [1.54, 1.807) is 24.3 Å². The van der Waals surface area contributed by atoms with Crippen LogP contribution in [-0.4, -0.2) is 27.9 Å². The fourth-order valence-corrected chi connectivity index (χ4v) is 2.59. The van der Waals surface area contributed by atoms with Crippen molar-refractivity contribution in [3.63, 3.8) is 0 Å². The molecule has 0 atom stereocenters. The number of carbonyl (C=O) groups excluding carboxylic acids is 2. The first-order chi connectivity index (χ1) is 13.0. The van der Waals surface area contributed by atoms with Crippen LogP contribution in [0.25, 0.3) is 0 Å². The average molecular weight is 361 g/mol. The number of phenols is 1. The van der Waals surface area contributed by atoms with Crippen molar-refractivity contribution >= 4 is 23.3 Å². The summed E-state index contributed by atoms with van der Waals surface area (Å²) >= 11 is 0. The Morgan fingerprint density at radius 2 is 1.30 bits per heavy atom. The van der Waals surface area contributed by atoms with Crippen LogP contribution in [0.5, 0.6) is 5.75 Å². The van der Waals surface area contributed by atoms with Crippen molar-refractivity contribution in [1.82, 2.24) is 0 Å². The number of ketones is 1. The Balaban J connectivity index is 1.80. The standard InChI is InChI=1S/C21H15NO5/c23-17-8-4-7-16(18(17)21(26)27)22-20(25)15-11-9-14(10-12-15)19(24)13-5-2-1-3-6-13/h1-12,23H,(H,22,25)(H,26,27). The number of aromatic carboxylic acids is 1. The Kier molecular flexibility index (Phi) is 4.99. The number of carboxylic acid groups (broad SMARTS) is 1. The maximum atomic E-state index is 12.4. The van der Waals surface area contributed by atoms with Crippen molar-refractivity contribution in [2.24, 2.45) is 0 Å². The number of nitrogens with one attached hydrogen (secondary N) is 1. The molecule has 0 aliphatic heterocycles. The van der Waals surface area contributed by atoms with Gasteiger partial charge in [-0.3, -0.25) is 9.59 Å². The van der Waals surface area contributed by atoms with Crippen molar-refractivity contribution in [2.75, 3.05) is 5.32 Å². The highest BCUT2D eigenvalue weighted by atomic mass is 16.4. The SMILES string of the molecule is O=C(Nc1cccc(O)c1C(=O)O)c1ccc(C(=O)c2ccccc2)cc1. The van der Waals surface area contributed by atoms with Crippen LogP contribution in [0.15, 0.2) is 72.8 Å². The Morgan fingerprint density at radius 1 is 0.704 bits per heavy atom. The molecule has 0 radical (unpaired) electrons. The van der Waals surface area contributed by atoms with E-state index in [1.807, 2.05) is 6.07 Å². The van der Waals surface area contributed by atoms with E-state index in [2.05, 4.69) is 5.32 Å². The van der Waals surface area contributed by atoms with Gasteiger partial charge in [0.1, 0.15) is 11.3 Å². The summed E-state index contributed by atoms with van der Waals surface area (Å²) in [4.78, 5) is 36.0. The second-order valence-electron chi connectivity index (χ2n) is 5.73. The van der Waals surface area contributed by atoms with Gasteiger partial charge in [-0.2, -0.15) is 0 Å². The molecular weight excluding hydrogens is 346 g/mol. The van der Waals surface area contributed by atoms with Gasteiger partial charge in [-0.1, -0.05) is 48.5 Å². The lowest BCUT2D eigenvalue weighted by Crippen LogP contribution is -2.15. The highest BCUT2D eigenvalue weighted by Gasteiger charge is 2.18. The number of hydrogen-bond donors (Lipinski definition) is 3. The topological polar surface area (TPSA) is 104 Å². The van der Waals surface area contributed by atoms with Crippen LogP contribution in [0.4, 0.5) is 5.69 Å². The number of anilines is 1. The van der Waals surface area contributed by atoms with Gasteiger partial charge in [-0.05, 0) is 24.3 Å². The molecule has 0 bridgehead atoms. The zero-order valence-corrected chi connectivity index (χ0v) is 14.0. The van der Waals surface area contributed by atoms with Crippen LogP contribution in [0.2, 0.25) is 0 Å². The largest absolute Gasteiger partial charge is 0.507 e. The zero-order valence-electron chi connectivity index (χ0n) is 14.0. The van der Waals surface area contributed by atoms with Crippen molar-refractivity contribution in [2.45, 2.75) is 0 Å². The summed E-state index contributed by atoms with van der Waals surface area (Å²) in [5.74, 6) is -2.51. The summed E-state index contributed by atoms with van der Waals surface area (Å²) in [7, 11) is 0. The van der Waals surface area contributed by atoms with Crippen LogP contribution >= 0.6 is 0 Å². The molecule has 0 unspecified atom stereocenters. The van der Waals surface area contributed by atoms with Crippen LogP contribution in [0.3, 0.4) is 0 Å². The van der Waals surface area contributed by atoms with E-state index in [1.165, 1.54) is 42.5 Å². The Bertz CT molecular complexity index is 1010. The van der Waals surface area contributed by atoms with E-state index in [4.69, 9.17) is 0 Å². The number of carboxylic acids is 1. The molecule has 6 heteroatoms. The monoisotopic (exact) mass is 361 g/mol. The highest BCUT2D eigenvalue weighted by Crippen LogP contribution is 2.25. The molecule has 0 heterocycles. The Hall–Kier alpha value is -3.93. The first kappa shape index (κ1) is 17.9. The van der Waals surface area contributed by atoms with Crippen LogP contribution in [0, 0.1) is 0 Å². The first-order valence-electron chi connectivity index (χ1n) is 8.04. The third-order valence-corrected chi connectivity index (χ3v) is 3.95. The molecule has 0 fully saturated rings. The Labute approximate surface area is 154 Å². The first-order valence-corrected chi connectivity index (χ1v) is 8.04. The van der Waals surface area contributed by atoms with Gasteiger partial charge in [0.25, 0.3) is 5.91 Å². The number of hydrogen-bond acceptors (Lipinski definition) is 4. The molecule has 3 aromatic rings. The van der Waals surface area contributed by atoms with Gasteiger partial charge >= 0.3 is 5.97 Å². The number of rotatable bonds is 5. The molecule has 0 aliphatic carbocycles. The maximum Gasteiger partial charge on any atom is 0.341 e. The van der Waals surface area contributed by atoms with Gasteiger partial charge < -0.3 is 15.5 Å². The second kappa shape index (κ2) is 7.53. The minimum absolute atomic E-state index is 0.0167. The van der Waals surface area contributed by atoms with E-state index in [-0.39, 0.29) is 22.6 Å². The van der Waals surface area contributed by atoms with Crippen molar-refractivity contribution in [3.8, 4) is 5.75 Å². The summed E-state index contributed by atoms with van der Waals surface area (Å²) < 4.78 is 0. The Morgan fingerprint density at radius 3 is 1.93 bits per heavy atom. The molecule has 3 N–H and O–H groups in total. The molecule has 0 aliphatic rings. The molecule has 134 valence electrons. The lowest BCUT2D eigenvalue weighted by atomic mass is 10.0. The van der Waals surface area contributed by atoms with Gasteiger partial charge in [-0.15, -0.1) is 0 Å². The molecule has 6 nitrogen and oxygen atoms in total. The summed E-state index contributed by atoms with van der Waals surface area (Å²) in [6, 6.07) is 18.8. The van der Waals surface area contributed by atoms with E-state index in [9.17, 15) is 24.6 Å². The molecule has 3 rings (SSSR count). The lowest BCUT2D eigenvalue weighted by molar-refractivity contribution is 0.0694.